The summed E-state index contributed by atoms with van der Waals surface area (Å²) in [6.07, 6.45) is 17.3. The highest BCUT2D eigenvalue weighted by Gasteiger charge is 2.50. The molecule has 0 aliphatic rings. The molecule has 0 N–H and O–H groups in total. The molecule has 0 radical (unpaired) electrons. The minimum Gasteiger partial charge on any atom is -0.463 e. The van der Waals surface area contributed by atoms with Crippen molar-refractivity contribution < 1.29 is 51.9 Å². The van der Waals surface area contributed by atoms with Gasteiger partial charge in [-0.25, -0.2) is 0 Å². The Morgan fingerprint density at radius 3 is 1.02 bits per heavy atom. The maximum absolute atomic E-state index is 11.9. The molecule has 0 saturated carbocycles. The van der Waals surface area contributed by atoms with Crippen molar-refractivity contribution in [2.45, 2.75) is 123 Å². The van der Waals surface area contributed by atoms with E-state index < -0.39 is 8.32 Å². The van der Waals surface area contributed by atoms with Crippen LogP contribution in [0.5, 0.6) is 0 Å². The van der Waals surface area contributed by atoms with Crippen LogP contribution in [0, 0.1) is 0 Å². The molecule has 0 amide bonds. The molecule has 11 nitrogen and oxygen atoms in total. The second-order valence-electron chi connectivity index (χ2n) is 16.6. The van der Waals surface area contributed by atoms with E-state index in [0.29, 0.717) is 119 Å². The third-order valence-electron chi connectivity index (χ3n) is 10.5. The van der Waals surface area contributed by atoms with Gasteiger partial charge in [0.05, 0.1) is 112 Å². The molecule has 2 aromatic rings. The largest absolute Gasteiger partial charge is 0.463 e. The lowest BCUT2D eigenvalue weighted by molar-refractivity contribution is -0.145. The lowest BCUT2D eigenvalue weighted by Gasteiger charge is -2.43. The molecule has 62 heavy (non-hydrogen) atoms. The van der Waals surface area contributed by atoms with Gasteiger partial charge in [-0.1, -0.05) is 165 Å². The Balaban J connectivity index is 1.26. The van der Waals surface area contributed by atoms with Gasteiger partial charge in [-0.05, 0) is 21.8 Å². The predicted octanol–water partition coefficient (Wildman–Crippen LogP) is 8.72. The Labute approximate surface area is 377 Å². The zero-order valence-electron chi connectivity index (χ0n) is 39.4. The van der Waals surface area contributed by atoms with Crippen molar-refractivity contribution in [3.8, 4) is 0 Å². The quantitative estimate of drug-likeness (QED) is 0.0362. The first-order valence-corrected chi connectivity index (χ1v) is 25.8. The predicted molar refractivity (Wildman–Crippen MR) is 251 cm³/mol. The van der Waals surface area contributed by atoms with Crippen LogP contribution in [0.4, 0.5) is 0 Å². The molecule has 0 aliphatic carbocycles. The highest BCUT2D eigenvalue weighted by atomic mass is 28.4. The third-order valence-corrected chi connectivity index (χ3v) is 15.6. The average molecular weight is 891 g/mol. The zero-order valence-corrected chi connectivity index (χ0v) is 40.4. The summed E-state index contributed by atoms with van der Waals surface area (Å²) in [6, 6.07) is 21.3. The van der Waals surface area contributed by atoms with Crippen LogP contribution in [-0.2, 0) is 51.9 Å². The molecule has 0 fully saturated rings. The number of esters is 1. The van der Waals surface area contributed by atoms with Crippen molar-refractivity contribution in [3.63, 3.8) is 0 Å². The van der Waals surface area contributed by atoms with Crippen LogP contribution in [-0.4, -0.2) is 133 Å². The van der Waals surface area contributed by atoms with Crippen molar-refractivity contribution >= 4 is 24.7 Å². The molecule has 2 aromatic carbocycles. The Hall–Kier alpha value is -2.23. The molecule has 2 rings (SSSR count). The van der Waals surface area contributed by atoms with Gasteiger partial charge in [-0.3, -0.25) is 4.79 Å². The smallest absolute Gasteiger partial charge is 0.305 e. The van der Waals surface area contributed by atoms with Gasteiger partial charge in [0.25, 0.3) is 8.32 Å². The minimum absolute atomic E-state index is 0.0591. The van der Waals surface area contributed by atoms with E-state index in [4.69, 9.17) is 47.1 Å². The third kappa shape index (κ3) is 27.8. The number of carbonyl (C=O) groups excluding carboxylic acids is 1. The Morgan fingerprint density at radius 2 is 0.694 bits per heavy atom. The lowest BCUT2D eigenvalue weighted by atomic mass is 10.0. The molecule has 0 aliphatic heterocycles. The maximum atomic E-state index is 11.9. The van der Waals surface area contributed by atoms with Gasteiger partial charge in [-0.15, -0.1) is 0 Å². The number of hydrogen-bond acceptors (Lipinski definition) is 11. The second kappa shape index (κ2) is 39.2. The number of ether oxygens (including phenoxy) is 9. The van der Waals surface area contributed by atoms with Crippen molar-refractivity contribution in [1.82, 2.24) is 0 Å². The van der Waals surface area contributed by atoms with Crippen LogP contribution >= 0.6 is 0 Å². The molecule has 0 bridgehead atoms. The minimum atomic E-state index is -2.54. The van der Waals surface area contributed by atoms with E-state index in [-0.39, 0.29) is 17.6 Å². The van der Waals surface area contributed by atoms with Crippen molar-refractivity contribution in [3.05, 3.63) is 60.7 Å². The van der Waals surface area contributed by atoms with Gasteiger partial charge in [-0.2, -0.15) is 0 Å². The second-order valence-corrected chi connectivity index (χ2v) is 20.9. The van der Waals surface area contributed by atoms with Crippen LogP contribution < -0.4 is 10.4 Å². The summed E-state index contributed by atoms with van der Waals surface area (Å²) in [4.78, 5) is 11.9. The first-order valence-electron chi connectivity index (χ1n) is 23.9. The normalized spacial score (nSPS) is 12.0. The van der Waals surface area contributed by atoms with E-state index in [1.165, 1.54) is 81.0 Å². The topological polar surface area (TPSA) is 109 Å². The number of unbranched alkanes of at least 4 members (excludes halogenated alkanes) is 12. The van der Waals surface area contributed by atoms with Crippen LogP contribution in [0.1, 0.15) is 118 Å². The molecular formula is C50H86O11Si. The van der Waals surface area contributed by atoms with Crippen molar-refractivity contribution in [2.24, 2.45) is 0 Å². The Kier molecular flexibility index (Phi) is 35.3. The summed E-state index contributed by atoms with van der Waals surface area (Å²) in [5.74, 6) is -0.131. The standard InChI is InChI=1S/C50H86O11Si/c1-5-6-7-8-9-10-11-12-13-14-15-16-23-28-49(51)60-45-43-58-41-39-56-37-35-54-33-31-52-29-30-53-32-34-55-36-38-57-40-42-59-44-46-61-62(50(2,3)4,47-24-19-17-20-25-47)48-26-21-18-22-27-48/h17-22,24-27H,5-16,23,28-46H2,1-4H3. The van der Waals surface area contributed by atoms with E-state index in [2.05, 4.69) is 88.4 Å². The summed E-state index contributed by atoms with van der Waals surface area (Å²) < 4.78 is 56.9. The van der Waals surface area contributed by atoms with Gasteiger partial charge in [0.15, 0.2) is 0 Å². The molecule has 0 aromatic heterocycles. The lowest BCUT2D eigenvalue weighted by Crippen LogP contribution is -2.66. The number of benzene rings is 2. The summed E-state index contributed by atoms with van der Waals surface area (Å²) in [5, 5.41) is 2.47. The van der Waals surface area contributed by atoms with Crippen LogP contribution in [0.15, 0.2) is 60.7 Å². The van der Waals surface area contributed by atoms with Gasteiger partial charge >= 0.3 is 5.97 Å². The number of rotatable bonds is 44. The summed E-state index contributed by atoms with van der Waals surface area (Å²) in [5.41, 5.74) is 0. The van der Waals surface area contributed by atoms with Gasteiger partial charge < -0.3 is 47.1 Å². The average Bonchev–Trinajstić information content (AvgIpc) is 3.27. The fourth-order valence-corrected chi connectivity index (χ4v) is 11.8. The zero-order chi connectivity index (χ0) is 44.5. The molecule has 356 valence electrons. The number of carbonyl (C=O) groups is 1. The summed E-state index contributed by atoms with van der Waals surface area (Å²) >= 11 is 0. The molecular weight excluding hydrogens is 805 g/mol. The van der Waals surface area contributed by atoms with Crippen molar-refractivity contribution in [2.75, 3.05) is 119 Å². The molecule has 12 heteroatoms. The molecule has 0 heterocycles. The van der Waals surface area contributed by atoms with E-state index in [1.54, 1.807) is 0 Å². The van der Waals surface area contributed by atoms with Crippen molar-refractivity contribution in [1.29, 1.82) is 0 Å². The Bertz CT molecular complexity index is 1230. The molecule has 0 unspecified atom stereocenters. The molecule has 0 atom stereocenters. The highest BCUT2D eigenvalue weighted by Crippen LogP contribution is 2.36. The van der Waals surface area contributed by atoms with E-state index in [1.807, 2.05) is 0 Å². The molecule has 0 spiro atoms. The van der Waals surface area contributed by atoms with Crippen LogP contribution in [0.25, 0.3) is 0 Å². The number of hydrogen-bond donors (Lipinski definition) is 0. The van der Waals surface area contributed by atoms with E-state index in [0.717, 1.165) is 12.8 Å². The van der Waals surface area contributed by atoms with E-state index >= 15 is 0 Å². The van der Waals surface area contributed by atoms with Gasteiger partial charge in [0.1, 0.15) is 6.61 Å². The van der Waals surface area contributed by atoms with E-state index in [9.17, 15) is 4.79 Å². The Morgan fingerprint density at radius 1 is 0.403 bits per heavy atom. The van der Waals surface area contributed by atoms with Crippen LogP contribution in [0.3, 0.4) is 0 Å². The monoisotopic (exact) mass is 891 g/mol. The maximum Gasteiger partial charge on any atom is 0.305 e. The summed E-state index contributed by atoms with van der Waals surface area (Å²) in [6.45, 7) is 17.7. The van der Waals surface area contributed by atoms with Gasteiger partial charge in [0, 0.05) is 6.42 Å². The molecule has 0 saturated heterocycles. The van der Waals surface area contributed by atoms with Crippen LogP contribution in [0.2, 0.25) is 5.04 Å². The first-order chi connectivity index (χ1) is 30.4. The first kappa shape index (κ1) is 55.9. The summed E-state index contributed by atoms with van der Waals surface area (Å²) in [7, 11) is -2.54. The fraction of sp³-hybridized carbons (Fsp3) is 0.740. The fourth-order valence-electron chi connectivity index (χ4n) is 7.23. The highest BCUT2D eigenvalue weighted by molar-refractivity contribution is 6.99. The SMILES string of the molecule is CCCCCCCCCCCCCCCC(=O)OCCOCCOCCOCCOCCOCCOCCOCCOCCO[Si](c1ccccc1)(c1ccccc1)C(C)(C)C. The van der Waals surface area contributed by atoms with Gasteiger partial charge in [0.2, 0.25) is 0 Å².